The van der Waals surface area contributed by atoms with E-state index in [4.69, 9.17) is 9.60 Å². The minimum absolute atomic E-state index is 0.0199. The predicted octanol–water partition coefficient (Wildman–Crippen LogP) is 6.79. The van der Waals surface area contributed by atoms with Crippen LogP contribution in [0.4, 0.5) is 0 Å². The van der Waals surface area contributed by atoms with Gasteiger partial charge in [-0.05, 0) is 47.2 Å². The van der Waals surface area contributed by atoms with Gasteiger partial charge >= 0.3 is 0 Å². The van der Waals surface area contributed by atoms with Crippen molar-refractivity contribution in [3.05, 3.63) is 96.5 Å². The fourth-order valence-corrected chi connectivity index (χ4v) is 5.06. The average Bonchev–Trinajstić information content (AvgIpc) is 3.25. The molecule has 2 nitrogen and oxygen atoms in total. The molecule has 2 heteroatoms. The van der Waals surface area contributed by atoms with Crippen molar-refractivity contribution in [2.45, 2.75) is 6.92 Å². The lowest BCUT2D eigenvalue weighted by Crippen LogP contribution is -2.28. The van der Waals surface area contributed by atoms with E-state index in [0.29, 0.717) is 10.9 Å². The molecule has 0 aliphatic carbocycles. The molecule has 7 aromatic rings. The Morgan fingerprint density at radius 2 is 1.65 bits per heavy atom. The lowest BCUT2D eigenvalue weighted by molar-refractivity contribution is -0.643. The summed E-state index contributed by atoms with van der Waals surface area (Å²) in [5.74, 6) is 0. The number of benzene rings is 4. The Morgan fingerprint density at radius 3 is 2.52 bits per heavy atom. The van der Waals surface area contributed by atoms with E-state index in [0.717, 1.165) is 49.2 Å². The number of hydrogen-bond donors (Lipinski definition) is 0. The monoisotopic (exact) mass is 404 g/mol. The molecule has 0 atom stereocenters. The van der Waals surface area contributed by atoms with Crippen molar-refractivity contribution >= 4 is 49.0 Å². The minimum atomic E-state index is -0.447. The zero-order chi connectivity index (χ0) is 26.8. The molecule has 0 bridgehead atoms. The molecule has 0 spiro atoms. The average molecular weight is 405 g/mol. The molecule has 3 aromatic heterocycles. The number of aryl methyl sites for hydroxylation is 2. The summed E-state index contributed by atoms with van der Waals surface area (Å²) in [6, 6.07) is 14.0. The van der Waals surface area contributed by atoms with E-state index in [1.165, 1.54) is 0 Å². The molecule has 0 unspecified atom stereocenters. The second-order valence-electron chi connectivity index (χ2n) is 8.07. The highest BCUT2D eigenvalue weighted by Gasteiger charge is 2.24. The van der Waals surface area contributed by atoms with Crippen molar-refractivity contribution in [1.82, 2.24) is 4.40 Å². The lowest BCUT2D eigenvalue weighted by Gasteiger charge is -2.14. The van der Waals surface area contributed by atoms with Crippen molar-refractivity contribution in [3.63, 3.8) is 0 Å². The van der Waals surface area contributed by atoms with Gasteiger partial charge in [-0.2, -0.15) is 0 Å². The van der Waals surface area contributed by atoms with Crippen molar-refractivity contribution in [2.75, 3.05) is 0 Å². The van der Waals surface area contributed by atoms with Crippen molar-refractivity contribution in [3.8, 4) is 11.1 Å². The molecule has 0 amide bonds. The molecule has 0 radical (unpaired) electrons. The van der Waals surface area contributed by atoms with Crippen LogP contribution in [0.5, 0.6) is 0 Å². The van der Waals surface area contributed by atoms with E-state index in [1.807, 2.05) is 31.2 Å². The minimum Gasteiger partial charge on any atom is -0.307 e. The molecule has 146 valence electrons. The highest BCUT2D eigenvalue weighted by molar-refractivity contribution is 6.26. The maximum absolute atomic E-state index is 8.90. The van der Waals surface area contributed by atoms with E-state index in [-0.39, 0.29) is 29.9 Å². The first-order chi connectivity index (χ1) is 18.1. The summed E-state index contributed by atoms with van der Waals surface area (Å²) < 4.78 is 63.2. The van der Waals surface area contributed by atoms with E-state index < -0.39 is 18.1 Å². The third kappa shape index (κ3) is 2.09. The smallest absolute Gasteiger partial charge is 0.224 e. The first-order valence-corrected chi connectivity index (χ1v) is 10.2. The largest absolute Gasteiger partial charge is 0.307 e. The van der Waals surface area contributed by atoms with Crippen LogP contribution in [0.25, 0.3) is 60.1 Å². The SMILES string of the molecule is [2H]c1c([2H])c([2H])c(-c2cc3c([2H])c([2H])[n+](C)c4c5c(C)ccc6c7ccccc7n(c(c2)c34)c65)c([2H])c1[2H]. The molecule has 0 aliphatic rings. The Hall–Kier alpha value is -3.91. The van der Waals surface area contributed by atoms with Gasteiger partial charge in [-0.15, -0.1) is 0 Å². The Morgan fingerprint density at radius 1 is 0.806 bits per heavy atom. The summed E-state index contributed by atoms with van der Waals surface area (Å²) in [5, 5.41) is 4.44. The van der Waals surface area contributed by atoms with Gasteiger partial charge in [0, 0.05) is 16.8 Å². The Kier molecular flexibility index (Phi) is 2.16. The van der Waals surface area contributed by atoms with Gasteiger partial charge in [0.25, 0.3) is 0 Å². The zero-order valence-electron chi connectivity index (χ0n) is 24.0. The van der Waals surface area contributed by atoms with E-state index in [2.05, 4.69) is 22.6 Å². The molecular formula is C29H21N2+. The summed E-state index contributed by atoms with van der Waals surface area (Å²) in [5.41, 5.74) is 5.11. The first kappa shape index (κ1) is 11.5. The highest BCUT2D eigenvalue weighted by atomic mass is 15.0. The molecule has 3 heterocycles. The Balaban J connectivity index is 1.84. The topological polar surface area (TPSA) is 8.29 Å². The maximum Gasteiger partial charge on any atom is 0.224 e. The number of hydrogen-bond acceptors (Lipinski definition) is 0. The summed E-state index contributed by atoms with van der Waals surface area (Å²) in [4.78, 5) is 0. The number of fused-ring (bicyclic) bond motifs is 5. The van der Waals surface area contributed by atoms with Crippen LogP contribution in [0, 0.1) is 6.92 Å². The van der Waals surface area contributed by atoms with Crippen molar-refractivity contribution < 1.29 is 14.2 Å². The molecule has 0 aliphatic heterocycles. The van der Waals surface area contributed by atoms with Crippen LogP contribution in [-0.4, -0.2) is 4.40 Å². The molecule has 7 rings (SSSR count). The van der Waals surface area contributed by atoms with Crippen LogP contribution in [0.3, 0.4) is 0 Å². The number of aromatic nitrogens is 2. The van der Waals surface area contributed by atoms with Crippen LogP contribution in [0.2, 0.25) is 0 Å². The van der Waals surface area contributed by atoms with Gasteiger partial charge in [0.1, 0.15) is 8.42 Å². The van der Waals surface area contributed by atoms with Gasteiger partial charge < -0.3 is 4.40 Å². The summed E-state index contributed by atoms with van der Waals surface area (Å²) in [6.45, 7) is 2.05. The van der Waals surface area contributed by atoms with Crippen LogP contribution in [-0.2, 0) is 7.05 Å². The fraction of sp³-hybridized carbons (Fsp3) is 0.0690. The third-order valence-corrected chi connectivity index (χ3v) is 6.36. The summed E-state index contributed by atoms with van der Waals surface area (Å²) in [6.07, 6.45) is 0.0395. The third-order valence-electron chi connectivity index (χ3n) is 6.36. The first-order valence-electron chi connectivity index (χ1n) is 13.7. The van der Waals surface area contributed by atoms with Gasteiger partial charge in [-0.3, -0.25) is 0 Å². The number of pyridine rings is 2. The highest BCUT2D eigenvalue weighted by Crippen LogP contribution is 2.41. The quantitative estimate of drug-likeness (QED) is 0.162. The normalized spacial score (nSPS) is 15.4. The molecule has 31 heavy (non-hydrogen) atoms. The van der Waals surface area contributed by atoms with Gasteiger partial charge in [0.05, 0.1) is 35.5 Å². The van der Waals surface area contributed by atoms with Gasteiger partial charge in [0.15, 0.2) is 6.17 Å². The summed E-state index contributed by atoms with van der Waals surface area (Å²) in [7, 11) is 1.80. The van der Waals surface area contributed by atoms with Crippen LogP contribution >= 0.6 is 0 Å². The predicted molar refractivity (Wildman–Crippen MR) is 130 cm³/mol. The number of rotatable bonds is 1. The lowest BCUT2D eigenvalue weighted by atomic mass is 9.96. The van der Waals surface area contributed by atoms with Gasteiger partial charge in [-0.25, -0.2) is 4.57 Å². The Labute approximate surface area is 189 Å². The Bertz CT molecular complexity index is 2150. The molecule has 4 aromatic carbocycles. The van der Waals surface area contributed by atoms with Gasteiger partial charge in [-0.1, -0.05) is 60.5 Å². The van der Waals surface area contributed by atoms with E-state index in [1.54, 1.807) is 17.7 Å². The fourth-order valence-electron chi connectivity index (χ4n) is 5.06. The molecule has 0 saturated carbocycles. The maximum atomic E-state index is 8.90. The summed E-state index contributed by atoms with van der Waals surface area (Å²) >= 11 is 0. The van der Waals surface area contributed by atoms with Crippen molar-refractivity contribution in [2.24, 2.45) is 7.05 Å². The molecular weight excluding hydrogens is 376 g/mol. The van der Waals surface area contributed by atoms with E-state index in [9.17, 15) is 0 Å². The zero-order valence-corrected chi connectivity index (χ0v) is 17.0. The second kappa shape index (κ2) is 5.83. The van der Waals surface area contributed by atoms with Crippen LogP contribution in [0.1, 0.15) is 15.2 Å². The molecule has 0 N–H and O–H groups in total. The van der Waals surface area contributed by atoms with Crippen LogP contribution < -0.4 is 4.57 Å². The van der Waals surface area contributed by atoms with Crippen LogP contribution in [0.15, 0.2) is 91.0 Å². The molecule has 0 saturated heterocycles. The van der Waals surface area contributed by atoms with E-state index >= 15 is 0 Å². The van der Waals surface area contributed by atoms with Crippen molar-refractivity contribution in [1.29, 1.82) is 0 Å². The number of nitrogens with zero attached hydrogens (tertiary/aromatic N) is 2. The number of para-hydroxylation sites is 1. The molecule has 0 fully saturated rings. The van der Waals surface area contributed by atoms with Gasteiger partial charge in [0.2, 0.25) is 5.52 Å². The second-order valence-corrected chi connectivity index (χ2v) is 8.07. The standard InChI is InChI=1S/C29H21N2/c1-18-12-13-23-22-10-6-7-11-24(22)31-25-17-21(19-8-4-3-5-9-19)16-20-14-15-30(2)29(27(20)25)26(18)28(23)31/h3-17H,1-2H3/q+1/i3D,4D,5D,8D,9D,14D,15D.